The maximum absolute atomic E-state index is 14.1. The van der Waals surface area contributed by atoms with Gasteiger partial charge in [-0.25, -0.2) is 4.79 Å². The van der Waals surface area contributed by atoms with E-state index < -0.39 is 0 Å². The van der Waals surface area contributed by atoms with Crippen molar-refractivity contribution >= 4 is 33.3 Å². The van der Waals surface area contributed by atoms with Crippen LogP contribution in [0.2, 0.25) is 0 Å². The maximum atomic E-state index is 14.1. The van der Waals surface area contributed by atoms with Gasteiger partial charge in [0, 0.05) is 32.6 Å². The molecule has 45 heavy (non-hydrogen) atoms. The summed E-state index contributed by atoms with van der Waals surface area (Å²) in [6.45, 7) is 4.89. The summed E-state index contributed by atoms with van der Waals surface area (Å²) >= 11 is 1.50. The van der Waals surface area contributed by atoms with E-state index in [0.717, 1.165) is 71.6 Å². The number of phenolic OH excluding ortho intramolecular Hbond substituents is 1. The molecule has 2 saturated heterocycles. The molecule has 0 radical (unpaired) electrons. The van der Waals surface area contributed by atoms with Gasteiger partial charge in [-0.3, -0.25) is 14.6 Å². The molecule has 3 fully saturated rings. The van der Waals surface area contributed by atoms with Crippen molar-refractivity contribution < 1.29 is 28.9 Å². The summed E-state index contributed by atoms with van der Waals surface area (Å²) in [5.74, 6) is 1.56. The number of benzene rings is 3. The molecule has 1 aromatic heterocycles. The Kier molecular flexibility index (Phi) is 8.63. The van der Waals surface area contributed by atoms with Crippen molar-refractivity contribution in [2.45, 2.75) is 50.7 Å². The first kappa shape index (κ1) is 29.6. The lowest BCUT2D eigenvalue weighted by atomic mass is 9.91. The first-order chi connectivity index (χ1) is 22.0. The minimum absolute atomic E-state index is 0.00642. The van der Waals surface area contributed by atoms with Crippen molar-refractivity contribution in [2.75, 3.05) is 39.4 Å². The third-order valence-electron chi connectivity index (χ3n) is 9.16. The average molecular weight is 627 g/mol. The van der Waals surface area contributed by atoms with Crippen LogP contribution >= 0.6 is 11.3 Å². The number of phenols is 1. The van der Waals surface area contributed by atoms with E-state index in [1.807, 2.05) is 54.6 Å². The molecule has 1 N–H and O–H groups in total. The fraction of sp³-hybridized carbons (Fsp3) is 0.389. The average Bonchev–Trinajstić information content (AvgIpc) is 3.82. The molecule has 3 aromatic carbocycles. The van der Waals surface area contributed by atoms with Gasteiger partial charge in [0.1, 0.15) is 36.6 Å². The molecule has 234 valence electrons. The molecular formula is C36H38N2O6S. The number of ether oxygens (including phenoxy) is 3. The highest BCUT2D eigenvalue weighted by Gasteiger charge is 2.37. The molecule has 9 heteroatoms. The van der Waals surface area contributed by atoms with Crippen LogP contribution in [0.25, 0.3) is 20.5 Å². The molecule has 2 unspecified atom stereocenters. The zero-order chi connectivity index (χ0) is 30.8. The number of aromatic hydroxyl groups is 1. The van der Waals surface area contributed by atoms with Gasteiger partial charge in [-0.05, 0) is 117 Å². The van der Waals surface area contributed by atoms with Crippen LogP contribution in [0, 0.1) is 0 Å². The third kappa shape index (κ3) is 6.37. The maximum Gasteiger partial charge on any atom is 0.410 e. The van der Waals surface area contributed by atoms with Crippen LogP contribution in [0.15, 0.2) is 66.7 Å². The zero-order valence-corrected chi connectivity index (χ0v) is 26.1. The van der Waals surface area contributed by atoms with Gasteiger partial charge in [-0.1, -0.05) is 6.42 Å². The topological polar surface area (TPSA) is 88.5 Å². The number of nitrogens with zero attached hydrogens (tertiary/aromatic N) is 2. The van der Waals surface area contributed by atoms with Gasteiger partial charge in [0.05, 0.1) is 12.6 Å². The molecule has 1 aliphatic carbocycles. The third-order valence-corrected chi connectivity index (χ3v) is 10.4. The van der Waals surface area contributed by atoms with E-state index in [4.69, 9.17) is 14.2 Å². The number of likely N-dealkylation sites (tertiary alicyclic amines) is 1. The molecule has 8 nitrogen and oxygen atoms in total. The molecular weight excluding hydrogens is 588 g/mol. The number of thiophene rings is 1. The normalized spacial score (nSPS) is 20.4. The SMILES string of the molecule is O=C(c1ccc(OC2CCCCC2N2CCOC2=O)cc1)c1c(-c2ccc(OCCN3CCCC3)cc2)sc2cc(O)ccc12. The van der Waals surface area contributed by atoms with Crippen LogP contribution in [0.4, 0.5) is 4.79 Å². The number of hydrogen-bond donors (Lipinski definition) is 1. The van der Waals surface area contributed by atoms with E-state index in [9.17, 15) is 14.7 Å². The summed E-state index contributed by atoms with van der Waals surface area (Å²) < 4.78 is 18.4. The van der Waals surface area contributed by atoms with Crippen molar-refractivity contribution in [1.29, 1.82) is 0 Å². The van der Waals surface area contributed by atoms with Gasteiger partial charge in [0.15, 0.2) is 5.78 Å². The van der Waals surface area contributed by atoms with Crippen LogP contribution in [-0.4, -0.2) is 78.3 Å². The van der Waals surface area contributed by atoms with E-state index in [-0.39, 0.29) is 29.8 Å². The largest absolute Gasteiger partial charge is 0.508 e. The summed E-state index contributed by atoms with van der Waals surface area (Å²) in [4.78, 5) is 31.4. The van der Waals surface area contributed by atoms with Crippen LogP contribution < -0.4 is 9.47 Å². The van der Waals surface area contributed by atoms with Gasteiger partial charge in [-0.2, -0.15) is 0 Å². The van der Waals surface area contributed by atoms with E-state index in [1.165, 1.54) is 24.2 Å². The fourth-order valence-corrected chi connectivity index (χ4v) is 8.04. The molecule has 3 heterocycles. The van der Waals surface area contributed by atoms with E-state index in [1.54, 1.807) is 17.0 Å². The minimum atomic E-state index is -0.261. The van der Waals surface area contributed by atoms with Crippen molar-refractivity contribution in [3.8, 4) is 27.7 Å². The smallest absolute Gasteiger partial charge is 0.410 e. The molecule has 4 aromatic rings. The van der Waals surface area contributed by atoms with Crippen molar-refractivity contribution in [1.82, 2.24) is 9.80 Å². The lowest BCUT2D eigenvalue weighted by Crippen LogP contribution is -2.48. The van der Waals surface area contributed by atoms with E-state index >= 15 is 0 Å². The summed E-state index contributed by atoms with van der Waals surface area (Å²) in [7, 11) is 0. The number of amides is 1. The summed E-state index contributed by atoms with van der Waals surface area (Å²) in [6.07, 6.45) is 6.03. The van der Waals surface area contributed by atoms with Crippen molar-refractivity contribution in [2.24, 2.45) is 0 Å². The second-order valence-corrected chi connectivity index (χ2v) is 13.1. The lowest BCUT2D eigenvalue weighted by Gasteiger charge is -2.36. The van der Waals surface area contributed by atoms with E-state index in [0.29, 0.717) is 36.6 Å². The molecule has 1 saturated carbocycles. The Morgan fingerprint density at radius 2 is 1.67 bits per heavy atom. The van der Waals surface area contributed by atoms with Crippen molar-refractivity contribution in [3.05, 3.63) is 77.9 Å². The van der Waals surface area contributed by atoms with Crippen LogP contribution in [0.5, 0.6) is 17.2 Å². The number of ketones is 1. The molecule has 1 amide bonds. The summed E-state index contributed by atoms with van der Waals surface area (Å²) in [5.41, 5.74) is 2.10. The number of rotatable bonds is 10. The van der Waals surface area contributed by atoms with Gasteiger partial charge in [0.25, 0.3) is 0 Å². The predicted octanol–water partition coefficient (Wildman–Crippen LogP) is 7.12. The highest BCUT2D eigenvalue weighted by molar-refractivity contribution is 7.22. The van der Waals surface area contributed by atoms with Gasteiger partial charge < -0.3 is 19.3 Å². The number of cyclic esters (lactones) is 1. The number of fused-ring (bicyclic) bond motifs is 1. The Morgan fingerprint density at radius 1 is 0.911 bits per heavy atom. The Hall–Kier alpha value is -4.08. The molecule has 2 atom stereocenters. The monoisotopic (exact) mass is 626 g/mol. The molecule has 0 bridgehead atoms. The summed E-state index contributed by atoms with van der Waals surface area (Å²) in [6, 6.07) is 20.4. The van der Waals surface area contributed by atoms with E-state index in [2.05, 4.69) is 4.90 Å². The zero-order valence-electron chi connectivity index (χ0n) is 25.3. The second kappa shape index (κ2) is 13.1. The van der Waals surface area contributed by atoms with Crippen LogP contribution in [0.1, 0.15) is 54.4 Å². The highest BCUT2D eigenvalue weighted by Crippen LogP contribution is 2.42. The Balaban J connectivity index is 1.10. The summed E-state index contributed by atoms with van der Waals surface area (Å²) in [5, 5.41) is 11.0. The van der Waals surface area contributed by atoms with Crippen LogP contribution in [0.3, 0.4) is 0 Å². The molecule has 3 aliphatic rings. The first-order valence-electron chi connectivity index (χ1n) is 16.0. The number of carbonyl (C=O) groups excluding carboxylic acids is 2. The number of hydrogen-bond acceptors (Lipinski definition) is 8. The van der Waals surface area contributed by atoms with Crippen molar-refractivity contribution in [3.63, 3.8) is 0 Å². The Bertz CT molecular complexity index is 1660. The lowest BCUT2D eigenvalue weighted by molar-refractivity contribution is 0.0572. The van der Waals surface area contributed by atoms with Crippen LogP contribution in [-0.2, 0) is 4.74 Å². The molecule has 0 spiro atoms. The van der Waals surface area contributed by atoms with Gasteiger partial charge >= 0.3 is 6.09 Å². The predicted molar refractivity (Wildman–Crippen MR) is 175 cm³/mol. The fourth-order valence-electron chi connectivity index (χ4n) is 6.80. The highest BCUT2D eigenvalue weighted by atomic mass is 32.1. The second-order valence-electron chi connectivity index (χ2n) is 12.1. The number of carbonyl (C=O) groups is 2. The molecule has 2 aliphatic heterocycles. The molecule has 7 rings (SSSR count). The Morgan fingerprint density at radius 3 is 2.42 bits per heavy atom. The Labute approximate surface area is 267 Å². The standard InChI is InChI=1S/C36H38N2O6S/c39-26-11-16-29-32(23-26)45-35(25-9-12-27(13-10-25)42-21-19-37-17-3-4-18-37)33(29)34(40)24-7-14-28(15-8-24)44-31-6-2-1-5-30(31)38-20-22-43-36(38)41/h7-16,23,30-31,39H,1-6,17-22H2. The first-order valence-corrected chi connectivity index (χ1v) is 16.8. The minimum Gasteiger partial charge on any atom is -0.508 e. The quantitative estimate of drug-likeness (QED) is 0.188. The van der Waals surface area contributed by atoms with Gasteiger partial charge in [0.2, 0.25) is 0 Å². The van der Waals surface area contributed by atoms with Gasteiger partial charge in [-0.15, -0.1) is 11.3 Å².